The summed E-state index contributed by atoms with van der Waals surface area (Å²) < 4.78 is 13.0. The number of rotatable bonds is 7. The number of hydrogen-bond donors (Lipinski definition) is 1. The van der Waals surface area contributed by atoms with Gasteiger partial charge in [-0.25, -0.2) is 4.39 Å². The van der Waals surface area contributed by atoms with Crippen LogP contribution in [0.2, 0.25) is 0 Å². The van der Waals surface area contributed by atoms with Crippen molar-refractivity contribution in [1.29, 1.82) is 0 Å². The second kappa shape index (κ2) is 8.92. The molecule has 3 nitrogen and oxygen atoms in total. The topological polar surface area (TPSA) is 32.3 Å². The number of hydrogen-bond acceptors (Lipinski definition) is 2. The first-order valence-corrected chi connectivity index (χ1v) is 8.55. The summed E-state index contributed by atoms with van der Waals surface area (Å²) in [4.78, 5) is 14.5. The third kappa shape index (κ3) is 5.53. The predicted molar refractivity (Wildman–Crippen MR) is 102 cm³/mol. The third-order valence-electron chi connectivity index (χ3n) is 3.99. The molecule has 0 aliphatic carbocycles. The van der Waals surface area contributed by atoms with E-state index < -0.39 is 0 Å². The van der Waals surface area contributed by atoms with Gasteiger partial charge in [-0.1, -0.05) is 60.7 Å². The van der Waals surface area contributed by atoms with Crippen LogP contribution in [-0.4, -0.2) is 17.4 Å². The van der Waals surface area contributed by atoms with Crippen molar-refractivity contribution >= 4 is 11.6 Å². The zero-order valence-electron chi connectivity index (χ0n) is 14.4. The van der Waals surface area contributed by atoms with E-state index >= 15 is 0 Å². The molecule has 0 atom stereocenters. The molecule has 0 saturated heterocycles. The van der Waals surface area contributed by atoms with E-state index in [0.29, 0.717) is 18.8 Å². The molecule has 26 heavy (non-hydrogen) atoms. The second-order valence-corrected chi connectivity index (χ2v) is 6.17. The van der Waals surface area contributed by atoms with Crippen molar-refractivity contribution in [3.63, 3.8) is 0 Å². The molecule has 0 bridgehead atoms. The van der Waals surface area contributed by atoms with Crippen molar-refractivity contribution in [3.05, 3.63) is 102 Å². The number of carbonyl (C=O) groups is 1. The highest BCUT2D eigenvalue weighted by molar-refractivity contribution is 5.92. The quantitative estimate of drug-likeness (QED) is 0.683. The van der Waals surface area contributed by atoms with Gasteiger partial charge in [0.15, 0.2) is 0 Å². The number of benzene rings is 3. The molecule has 1 amide bonds. The van der Waals surface area contributed by atoms with Gasteiger partial charge in [-0.15, -0.1) is 0 Å². The molecule has 0 radical (unpaired) electrons. The molecule has 1 N–H and O–H groups in total. The third-order valence-corrected chi connectivity index (χ3v) is 3.99. The van der Waals surface area contributed by atoms with Crippen LogP contribution < -0.4 is 5.32 Å². The molecule has 0 aromatic heterocycles. The Morgan fingerprint density at radius 1 is 0.769 bits per heavy atom. The Hall–Kier alpha value is -2.98. The van der Waals surface area contributed by atoms with E-state index in [1.807, 2.05) is 36.4 Å². The number of nitrogens with zero attached hydrogens (tertiary/aromatic N) is 1. The van der Waals surface area contributed by atoms with Gasteiger partial charge in [0, 0.05) is 18.8 Å². The van der Waals surface area contributed by atoms with E-state index in [1.54, 1.807) is 12.1 Å². The summed E-state index contributed by atoms with van der Waals surface area (Å²) in [6.07, 6.45) is 0. The minimum atomic E-state index is -0.321. The maximum atomic E-state index is 13.0. The van der Waals surface area contributed by atoms with E-state index in [4.69, 9.17) is 0 Å². The lowest BCUT2D eigenvalue weighted by Crippen LogP contribution is -2.32. The highest BCUT2D eigenvalue weighted by Crippen LogP contribution is 2.12. The highest BCUT2D eigenvalue weighted by Gasteiger charge is 2.12. The van der Waals surface area contributed by atoms with Crippen molar-refractivity contribution in [3.8, 4) is 0 Å². The standard InChI is InChI=1S/C22H21FN2O/c23-20-11-13-21(14-12-20)24-22(26)17-25(15-18-7-3-1-4-8-18)16-19-9-5-2-6-10-19/h1-14H,15-17H2,(H,24,26). The van der Waals surface area contributed by atoms with Gasteiger partial charge in [-0.3, -0.25) is 9.69 Å². The average molecular weight is 348 g/mol. The fourth-order valence-corrected chi connectivity index (χ4v) is 2.79. The Morgan fingerprint density at radius 3 is 1.77 bits per heavy atom. The molecule has 3 aromatic carbocycles. The number of halogens is 1. The Kier molecular flexibility index (Phi) is 6.12. The molecule has 3 rings (SSSR count). The number of anilines is 1. The molecular weight excluding hydrogens is 327 g/mol. The zero-order chi connectivity index (χ0) is 18.2. The van der Waals surface area contributed by atoms with Crippen LogP contribution in [0.3, 0.4) is 0 Å². The van der Waals surface area contributed by atoms with E-state index in [1.165, 1.54) is 12.1 Å². The number of carbonyl (C=O) groups excluding carboxylic acids is 1. The van der Waals surface area contributed by atoms with Crippen molar-refractivity contribution in [2.45, 2.75) is 13.1 Å². The Morgan fingerprint density at radius 2 is 1.27 bits per heavy atom. The normalized spacial score (nSPS) is 10.7. The van der Waals surface area contributed by atoms with Gasteiger partial charge in [-0.2, -0.15) is 0 Å². The van der Waals surface area contributed by atoms with Gasteiger partial charge in [0.1, 0.15) is 5.82 Å². The summed E-state index contributed by atoms with van der Waals surface area (Å²) in [6, 6.07) is 25.9. The molecule has 3 aromatic rings. The van der Waals surface area contributed by atoms with E-state index in [0.717, 1.165) is 11.1 Å². The summed E-state index contributed by atoms with van der Waals surface area (Å²) in [7, 11) is 0. The molecule has 0 aliphatic rings. The van der Waals surface area contributed by atoms with Gasteiger partial charge in [-0.05, 0) is 35.4 Å². The van der Waals surface area contributed by atoms with E-state index in [2.05, 4.69) is 34.5 Å². The van der Waals surface area contributed by atoms with Crippen LogP contribution in [-0.2, 0) is 17.9 Å². The maximum Gasteiger partial charge on any atom is 0.238 e. The summed E-state index contributed by atoms with van der Waals surface area (Å²) >= 11 is 0. The fraction of sp³-hybridized carbons (Fsp3) is 0.136. The molecule has 132 valence electrons. The molecule has 0 aliphatic heterocycles. The zero-order valence-corrected chi connectivity index (χ0v) is 14.4. The Labute approximate surface area is 153 Å². The van der Waals surface area contributed by atoms with Gasteiger partial charge in [0.25, 0.3) is 0 Å². The summed E-state index contributed by atoms with van der Waals surface area (Å²) in [5, 5.41) is 2.82. The van der Waals surface area contributed by atoms with Crippen molar-refractivity contribution in [2.75, 3.05) is 11.9 Å². The summed E-state index contributed by atoms with van der Waals surface area (Å²) in [5.74, 6) is -0.443. The van der Waals surface area contributed by atoms with E-state index in [9.17, 15) is 9.18 Å². The molecule has 0 spiro atoms. The molecule has 0 fully saturated rings. The number of amides is 1. The van der Waals surface area contributed by atoms with Gasteiger partial charge in [0.05, 0.1) is 6.54 Å². The fourth-order valence-electron chi connectivity index (χ4n) is 2.79. The largest absolute Gasteiger partial charge is 0.325 e. The molecular formula is C22H21FN2O. The Bertz CT molecular complexity index is 778. The molecule has 0 unspecified atom stereocenters. The van der Waals surface area contributed by atoms with E-state index in [-0.39, 0.29) is 18.3 Å². The van der Waals surface area contributed by atoms with Crippen LogP contribution in [0.25, 0.3) is 0 Å². The Balaban J connectivity index is 1.67. The van der Waals surface area contributed by atoms with Crippen molar-refractivity contribution < 1.29 is 9.18 Å². The molecule has 0 heterocycles. The second-order valence-electron chi connectivity index (χ2n) is 6.17. The monoisotopic (exact) mass is 348 g/mol. The SMILES string of the molecule is O=C(CN(Cc1ccccc1)Cc1ccccc1)Nc1ccc(F)cc1. The van der Waals surface area contributed by atoms with Crippen LogP contribution in [0.15, 0.2) is 84.9 Å². The summed E-state index contributed by atoms with van der Waals surface area (Å²) in [5.41, 5.74) is 2.90. The maximum absolute atomic E-state index is 13.0. The van der Waals surface area contributed by atoms with Crippen LogP contribution in [0, 0.1) is 5.82 Å². The first kappa shape index (κ1) is 17.8. The van der Waals surface area contributed by atoms with Gasteiger partial charge < -0.3 is 5.32 Å². The molecule has 4 heteroatoms. The molecule has 0 saturated carbocycles. The predicted octanol–water partition coefficient (Wildman–Crippen LogP) is 4.47. The first-order valence-electron chi connectivity index (χ1n) is 8.55. The minimum Gasteiger partial charge on any atom is -0.325 e. The summed E-state index contributed by atoms with van der Waals surface area (Å²) in [6.45, 7) is 1.60. The van der Waals surface area contributed by atoms with Crippen LogP contribution in [0.1, 0.15) is 11.1 Å². The number of nitrogens with one attached hydrogen (secondary N) is 1. The minimum absolute atomic E-state index is 0.122. The van der Waals surface area contributed by atoms with Crippen molar-refractivity contribution in [1.82, 2.24) is 4.90 Å². The van der Waals surface area contributed by atoms with Crippen molar-refractivity contribution in [2.24, 2.45) is 0 Å². The smallest absolute Gasteiger partial charge is 0.238 e. The van der Waals surface area contributed by atoms with Crippen LogP contribution >= 0.6 is 0 Å². The highest BCUT2D eigenvalue weighted by atomic mass is 19.1. The van der Waals surface area contributed by atoms with Crippen LogP contribution in [0.5, 0.6) is 0 Å². The van der Waals surface area contributed by atoms with Gasteiger partial charge in [0.2, 0.25) is 5.91 Å². The van der Waals surface area contributed by atoms with Gasteiger partial charge >= 0.3 is 0 Å². The van der Waals surface area contributed by atoms with Crippen LogP contribution in [0.4, 0.5) is 10.1 Å². The lowest BCUT2D eigenvalue weighted by molar-refractivity contribution is -0.117. The lowest BCUT2D eigenvalue weighted by Gasteiger charge is -2.22. The first-order chi connectivity index (χ1) is 12.7. The average Bonchev–Trinajstić information content (AvgIpc) is 2.65. The lowest BCUT2D eigenvalue weighted by atomic mass is 10.1.